The van der Waals surface area contributed by atoms with Crippen molar-refractivity contribution in [3.05, 3.63) is 0 Å². The zero-order valence-electron chi connectivity index (χ0n) is 7.67. The van der Waals surface area contributed by atoms with Crippen LogP contribution < -0.4 is 0 Å². The van der Waals surface area contributed by atoms with E-state index in [-0.39, 0.29) is 11.8 Å². The first-order valence-electron chi connectivity index (χ1n) is 4.37. The minimum atomic E-state index is -0.103. The molecule has 0 saturated heterocycles. The number of isothiocyanates is 1. The molecule has 0 saturated carbocycles. The summed E-state index contributed by atoms with van der Waals surface area (Å²) < 4.78 is 0. The van der Waals surface area contributed by atoms with Gasteiger partial charge in [0.2, 0.25) is 0 Å². The van der Waals surface area contributed by atoms with Crippen molar-refractivity contribution in [1.29, 1.82) is 0 Å². The molecule has 2 nitrogen and oxygen atoms in total. The molecule has 0 spiro atoms. The van der Waals surface area contributed by atoms with Gasteiger partial charge >= 0.3 is 0 Å². The van der Waals surface area contributed by atoms with Crippen LogP contribution in [0.1, 0.15) is 39.5 Å². The topological polar surface area (TPSA) is 29.4 Å². The average Bonchev–Trinajstić information content (AvgIpc) is 2.04. The van der Waals surface area contributed by atoms with E-state index < -0.39 is 0 Å². The van der Waals surface area contributed by atoms with Crippen molar-refractivity contribution in [3.8, 4) is 0 Å². The maximum Gasteiger partial charge on any atom is 0.257 e. The fraction of sp³-hybridized carbons (Fsp3) is 0.778. The van der Waals surface area contributed by atoms with Gasteiger partial charge in [-0.05, 0) is 25.1 Å². The molecule has 0 unspecified atom stereocenters. The molecule has 0 bridgehead atoms. The summed E-state index contributed by atoms with van der Waals surface area (Å²) in [5.74, 6) is -0.0378. The Labute approximate surface area is 79.1 Å². The van der Waals surface area contributed by atoms with E-state index in [0.717, 1.165) is 25.7 Å². The second-order valence-electron chi connectivity index (χ2n) is 2.82. The molecular formula is C9H15NOS. The van der Waals surface area contributed by atoms with Crippen LogP contribution in [0.25, 0.3) is 0 Å². The van der Waals surface area contributed by atoms with Crippen LogP contribution in [0.2, 0.25) is 0 Å². The summed E-state index contributed by atoms with van der Waals surface area (Å²) in [5, 5.41) is 2.12. The summed E-state index contributed by atoms with van der Waals surface area (Å²) in [6, 6.07) is 0. The average molecular weight is 185 g/mol. The van der Waals surface area contributed by atoms with Crippen molar-refractivity contribution in [3.63, 3.8) is 0 Å². The molecule has 0 aromatic carbocycles. The Hall–Kier alpha value is -0.530. The largest absolute Gasteiger partial charge is 0.272 e. The van der Waals surface area contributed by atoms with Crippen LogP contribution in [0.4, 0.5) is 0 Å². The van der Waals surface area contributed by atoms with E-state index in [0.29, 0.717) is 0 Å². The highest BCUT2D eigenvalue weighted by atomic mass is 32.1. The molecular weight excluding hydrogens is 170 g/mol. The SMILES string of the molecule is CCCC(CCC)C(=O)N=C=S. The van der Waals surface area contributed by atoms with Crippen LogP contribution in [-0.2, 0) is 4.79 Å². The number of carbonyl (C=O) groups excluding carboxylic acids is 1. The molecule has 0 aliphatic carbocycles. The molecule has 0 heterocycles. The summed E-state index contributed by atoms with van der Waals surface area (Å²) in [4.78, 5) is 14.7. The monoisotopic (exact) mass is 185 g/mol. The summed E-state index contributed by atoms with van der Waals surface area (Å²) in [6.45, 7) is 4.13. The van der Waals surface area contributed by atoms with Crippen molar-refractivity contribution < 1.29 is 4.79 Å². The number of thiocarbonyl (C=S) groups is 1. The number of amides is 1. The van der Waals surface area contributed by atoms with Crippen molar-refractivity contribution in [2.24, 2.45) is 10.9 Å². The third kappa shape index (κ3) is 4.37. The summed E-state index contributed by atoms with van der Waals surface area (Å²) in [5.41, 5.74) is 0. The number of hydrogen-bond acceptors (Lipinski definition) is 2. The first-order valence-corrected chi connectivity index (χ1v) is 4.78. The van der Waals surface area contributed by atoms with Crippen LogP contribution >= 0.6 is 12.2 Å². The Bertz CT molecular complexity index is 179. The fourth-order valence-electron chi connectivity index (χ4n) is 1.22. The Morgan fingerprint density at radius 3 is 2.25 bits per heavy atom. The lowest BCUT2D eigenvalue weighted by Crippen LogP contribution is -2.11. The van der Waals surface area contributed by atoms with Gasteiger partial charge in [-0.25, -0.2) is 0 Å². The maximum absolute atomic E-state index is 11.2. The summed E-state index contributed by atoms with van der Waals surface area (Å²) in [6.07, 6.45) is 3.85. The van der Waals surface area contributed by atoms with Gasteiger partial charge in [0.15, 0.2) is 0 Å². The van der Waals surface area contributed by atoms with E-state index in [1.165, 1.54) is 0 Å². The van der Waals surface area contributed by atoms with E-state index in [1.807, 2.05) is 0 Å². The molecule has 0 fully saturated rings. The molecule has 3 heteroatoms. The highest BCUT2D eigenvalue weighted by Gasteiger charge is 2.14. The lowest BCUT2D eigenvalue weighted by atomic mass is 9.98. The normalized spacial score (nSPS) is 9.58. The van der Waals surface area contributed by atoms with Crippen molar-refractivity contribution in [1.82, 2.24) is 0 Å². The minimum absolute atomic E-state index is 0.0652. The van der Waals surface area contributed by atoms with Gasteiger partial charge in [0.05, 0.1) is 5.16 Å². The Kier molecular flexibility index (Phi) is 6.82. The lowest BCUT2D eigenvalue weighted by Gasteiger charge is -2.08. The number of aliphatic imine (C=N–C) groups is 1. The van der Waals surface area contributed by atoms with Crippen LogP contribution in [0.5, 0.6) is 0 Å². The van der Waals surface area contributed by atoms with Gasteiger partial charge in [0.25, 0.3) is 5.91 Å². The molecule has 0 aliphatic heterocycles. The second kappa shape index (κ2) is 7.14. The number of rotatable bonds is 5. The molecule has 0 aromatic rings. The fourth-order valence-corrected chi connectivity index (χ4v) is 1.31. The Balaban J connectivity index is 4.07. The molecule has 0 radical (unpaired) electrons. The van der Waals surface area contributed by atoms with Crippen molar-refractivity contribution in [2.75, 3.05) is 0 Å². The zero-order valence-corrected chi connectivity index (χ0v) is 8.49. The van der Waals surface area contributed by atoms with Crippen molar-refractivity contribution in [2.45, 2.75) is 39.5 Å². The maximum atomic E-state index is 11.2. The van der Waals surface area contributed by atoms with Crippen LogP contribution in [0.15, 0.2) is 4.99 Å². The third-order valence-electron chi connectivity index (χ3n) is 1.78. The second-order valence-corrected chi connectivity index (χ2v) is 3.00. The Morgan fingerprint density at radius 2 is 1.92 bits per heavy atom. The van der Waals surface area contributed by atoms with Gasteiger partial charge in [0, 0.05) is 5.92 Å². The molecule has 0 aromatic heterocycles. The third-order valence-corrected chi connectivity index (χ3v) is 1.87. The van der Waals surface area contributed by atoms with Gasteiger partial charge in [-0.2, -0.15) is 4.99 Å². The van der Waals surface area contributed by atoms with E-state index >= 15 is 0 Å². The molecule has 0 atom stereocenters. The van der Waals surface area contributed by atoms with Gasteiger partial charge < -0.3 is 0 Å². The van der Waals surface area contributed by atoms with Crippen LogP contribution in [-0.4, -0.2) is 11.1 Å². The molecule has 0 N–H and O–H groups in total. The van der Waals surface area contributed by atoms with Crippen molar-refractivity contribution >= 4 is 23.3 Å². The molecule has 0 rings (SSSR count). The van der Waals surface area contributed by atoms with E-state index in [2.05, 4.69) is 36.2 Å². The van der Waals surface area contributed by atoms with Gasteiger partial charge in [-0.15, -0.1) is 0 Å². The smallest absolute Gasteiger partial charge is 0.257 e. The van der Waals surface area contributed by atoms with Gasteiger partial charge in [-0.1, -0.05) is 26.7 Å². The van der Waals surface area contributed by atoms with Gasteiger partial charge in [0.1, 0.15) is 0 Å². The van der Waals surface area contributed by atoms with E-state index in [9.17, 15) is 4.79 Å². The number of hydrogen-bond donors (Lipinski definition) is 0. The van der Waals surface area contributed by atoms with E-state index in [1.54, 1.807) is 0 Å². The highest BCUT2D eigenvalue weighted by molar-refractivity contribution is 7.78. The molecule has 12 heavy (non-hydrogen) atoms. The zero-order chi connectivity index (χ0) is 9.40. The first-order chi connectivity index (χ1) is 5.76. The quantitative estimate of drug-likeness (QED) is 0.487. The van der Waals surface area contributed by atoms with Crippen LogP contribution in [0.3, 0.4) is 0 Å². The van der Waals surface area contributed by atoms with E-state index in [4.69, 9.17) is 0 Å². The summed E-state index contributed by atoms with van der Waals surface area (Å²) in [7, 11) is 0. The first kappa shape index (κ1) is 11.5. The van der Waals surface area contributed by atoms with Gasteiger partial charge in [-0.3, -0.25) is 4.79 Å². The Morgan fingerprint density at radius 1 is 1.42 bits per heavy atom. The molecule has 68 valence electrons. The number of nitrogens with zero attached hydrogens (tertiary/aromatic N) is 1. The molecule has 0 aliphatic rings. The van der Waals surface area contributed by atoms with Crippen LogP contribution in [0, 0.1) is 5.92 Å². The highest BCUT2D eigenvalue weighted by Crippen LogP contribution is 2.14. The lowest BCUT2D eigenvalue weighted by molar-refractivity contribution is -0.121. The standard InChI is InChI=1S/C9H15NOS/c1-3-5-8(6-4-2)9(11)10-7-12/h8H,3-6H2,1-2H3. The predicted molar refractivity (Wildman–Crippen MR) is 53.3 cm³/mol. The molecule has 1 amide bonds. The predicted octanol–water partition coefficient (Wildman–Crippen LogP) is 2.83. The number of carbonyl (C=O) groups is 1. The minimum Gasteiger partial charge on any atom is -0.272 e. The summed E-state index contributed by atoms with van der Waals surface area (Å²) >= 11 is 4.38.